The van der Waals surface area contributed by atoms with E-state index in [1.807, 2.05) is 18.2 Å². The van der Waals surface area contributed by atoms with E-state index in [1.54, 1.807) is 0 Å². The third-order valence-corrected chi connectivity index (χ3v) is 3.50. The summed E-state index contributed by atoms with van der Waals surface area (Å²) in [6.07, 6.45) is 7.61. The van der Waals surface area contributed by atoms with E-state index >= 15 is 0 Å². The van der Waals surface area contributed by atoms with Gasteiger partial charge in [0.1, 0.15) is 0 Å². The summed E-state index contributed by atoms with van der Waals surface area (Å²) in [6.45, 7) is 1.06. The molecule has 1 aromatic carbocycles. The molecule has 1 fully saturated rings. The summed E-state index contributed by atoms with van der Waals surface area (Å²) < 4.78 is 2.08. The third-order valence-electron chi connectivity index (χ3n) is 3.50. The van der Waals surface area contributed by atoms with Crippen LogP contribution < -0.4 is 5.73 Å². The molecule has 1 saturated carbocycles. The molecule has 16 heavy (non-hydrogen) atoms. The lowest BCUT2D eigenvalue weighted by atomic mass is 10.1. The molecule has 0 bridgehead atoms. The number of hydrogen-bond acceptors (Lipinski definition) is 2. The molecule has 0 aliphatic heterocycles. The van der Waals surface area contributed by atoms with Crippen LogP contribution in [-0.2, 0) is 6.54 Å². The first-order chi connectivity index (χ1) is 7.81. The lowest BCUT2D eigenvalue weighted by Gasteiger charge is -2.07. The number of anilines is 1. The highest BCUT2D eigenvalue weighted by molar-refractivity contribution is 5.81. The number of nitrogen functional groups attached to an aromatic ring is 1. The molecule has 3 rings (SSSR count). The summed E-state index contributed by atoms with van der Waals surface area (Å²) in [5.74, 6) is 0.826. The molecule has 1 aliphatic carbocycles. The van der Waals surface area contributed by atoms with E-state index in [-0.39, 0.29) is 0 Å². The highest BCUT2D eigenvalue weighted by Crippen LogP contribution is 2.26. The van der Waals surface area contributed by atoms with Crippen molar-refractivity contribution < 1.29 is 0 Å². The lowest BCUT2D eigenvalue weighted by molar-refractivity contribution is 0.431. The fraction of sp³-hybridized carbons (Fsp3) is 0.462. The zero-order valence-electron chi connectivity index (χ0n) is 9.39. The van der Waals surface area contributed by atoms with Crippen molar-refractivity contribution in [1.82, 2.24) is 9.78 Å². The van der Waals surface area contributed by atoms with E-state index in [1.165, 1.54) is 25.7 Å². The molecule has 2 N–H and O–H groups in total. The average Bonchev–Trinajstić information content (AvgIpc) is 2.86. The van der Waals surface area contributed by atoms with Crippen molar-refractivity contribution in [2.24, 2.45) is 5.92 Å². The van der Waals surface area contributed by atoms with Crippen LogP contribution in [0.3, 0.4) is 0 Å². The molecule has 1 aliphatic rings. The third kappa shape index (κ3) is 1.77. The highest BCUT2D eigenvalue weighted by atomic mass is 15.3. The normalized spacial score (nSPS) is 17.2. The van der Waals surface area contributed by atoms with Gasteiger partial charge in [0.25, 0.3) is 0 Å². The SMILES string of the molecule is Nc1ccc2nn(CC3CCCC3)cc2c1. The monoisotopic (exact) mass is 215 g/mol. The van der Waals surface area contributed by atoms with E-state index in [9.17, 15) is 0 Å². The maximum atomic E-state index is 5.76. The summed E-state index contributed by atoms with van der Waals surface area (Å²) in [5, 5.41) is 5.73. The van der Waals surface area contributed by atoms with Crippen LogP contribution in [0.2, 0.25) is 0 Å². The fourth-order valence-electron chi connectivity index (χ4n) is 2.65. The number of benzene rings is 1. The number of nitrogens with zero attached hydrogens (tertiary/aromatic N) is 2. The lowest BCUT2D eigenvalue weighted by Crippen LogP contribution is -2.07. The van der Waals surface area contributed by atoms with Crippen molar-refractivity contribution in [1.29, 1.82) is 0 Å². The van der Waals surface area contributed by atoms with Crippen molar-refractivity contribution in [3.63, 3.8) is 0 Å². The van der Waals surface area contributed by atoms with Crippen LogP contribution in [0.1, 0.15) is 25.7 Å². The minimum absolute atomic E-state index is 0.813. The predicted molar refractivity (Wildman–Crippen MR) is 66.1 cm³/mol. The molecule has 0 saturated heterocycles. The molecular formula is C13H17N3. The Morgan fingerprint density at radius 1 is 1.31 bits per heavy atom. The quantitative estimate of drug-likeness (QED) is 0.783. The highest BCUT2D eigenvalue weighted by Gasteiger charge is 2.15. The standard InChI is InChI=1S/C13H17N3/c14-12-5-6-13-11(7-12)9-16(15-13)8-10-3-1-2-4-10/h5-7,9-10H,1-4,8,14H2. The van der Waals surface area contributed by atoms with Crippen LogP contribution in [0.4, 0.5) is 5.69 Å². The Morgan fingerprint density at radius 3 is 2.94 bits per heavy atom. The predicted octanol–water partition coefficient (Wildman–Crippen LogP) is 2.81. The molecule has 3 heteroatoms. The van der Waals surface area contributed by atoms with Gasteiger partial charge in [-0.3, -0.25) is 4.68 Å². The second-order valence-corrected chi connectivity index (χ2v) is 4.82. The molecule has 84 valence electrons. The second-order valence-electron chi connectivity index (χ2n) is 4.82. The largest absolute Gasteiger partial charge is 0.399 e. The molecular weight excluding hydrogens is 198 g/mol. The first-order valence-corrected chi connectivity index (χ1v) is 6.04. The molecule has 0 atom stereocenters. The van der Waals surface area contributed by atoms with Crippen molar-refractivity contribution in [3.8, 4) is 0 Å². The molecule has 0 amide bonds. The molecule has 1 aromatic heterocycles. The van der Waals surface area contributed by atoms with E-state index in [4.69, 9.17) is 5.73 Å². The van der Waals surface area contributed by atoms with Crippen LogP contribution in [0.15, 0.2) is 24.4 Å². The minimum atomic E-state index is 0.813. The van der Waals surface area contributed by atoms with Gasteiger partial charge in [-0.1, -0.05) is 12.8 Å². The number of hydrogen-bond donors (Lipinski definition) is 1. The Labute approximate surface area is 95.2 Å². The van der Waals surface area contributed by atoms with Gasteiger partial charge in [0.2, 0.25) is 0 Å². The van der Waals surface area contributed by atoms with Crippen molar-refractivity contribution >= 4 is 16.6 Å². The van der Waals surface area contributed by atoms with Gasteiger partial charge in [-0.25, -0.2) is 0 Å². The van der Waals surface area contributed by atoms with Gasteiger partial charge in [-0.05, 0) is 37.0 Å². The van der Waals surface area contributed by atoms with Crippen LogP contribution >= 0.6 is 0 Å². The Morgan fingerprint density at radius 2 is 2.12 bits per heavy atom. The van der Waals surface area contributed by atoms with E-state index in [0.29, 0.717) is 0 Å². The van der Waals surface area contributed by atoms with Gasteiger partial charge in [-0.15, -0.1) is 0 Å². The summed E-state index contributed by atoms with van der Waals surface area (Å²) in [4.78, 5) is 0. The van der Waals surface area contributed by atoms with Gasteiger partial charge in [0.05, 0.1) is 5.52 Å². The van der Waals surface area contributed by atoms with Gasteiger partial charge in [-0.2, -0.15) is 5.10 Å². The van der Waals surface area contributed by atoms with Crippen molar-refractivity contribution in [2.75, 3.05) is 5.73 Å². The van der Waals surface area contributed by atoms with Crippen LogP contribution in [-0.4, -0.2) is 9.78 Å². The average molecular weight is 215 g/mol. The van der Waals surface area contributed by atoms with Crippen LogP contribution in [0, 0.1) is 5.92 Å². The number of aromatic nitrogens is 2. The summed E-state index contributed by atoms with van der Waals surface area (Å²) in [7, 11) is 0. The fourth-order valence-corrected chi connectivity index (χ4v) is 2.65. The zero-order chi connectivity index (χ0) is 11.0. The molecule has 0 unspecified atom stereocenters. The second kappa shape index (κ2) is 3.81. The molecule has 3 nitrogen and oxygen atoms in total. The van der Waals surface area contributed by atoms with Crippen LogP contribution in [0.5, 0.6) is 0 Å². The van der Waals surface area contributed by atoms with Crippen molar-refractivity contribution in [2.45, 2.75) is 32.2 Å². The van der Waals surface area contributed by atoms with Gasteiger partial charge < -0.3 is 5.73 Å². The summed E-state index contributed by atoms with van der Waals surface area (Å²) in [5.41, 5.74) is 7.62. The Balaban J connectivity index is 1.86. The number of fused-ring (bicyclic) bond motifs is 1. The van der Waals surface area contributed by atoms with Gasteiger partial charge in [0.15, 0.2) is 0 Å². The molecule has 1 heterocycles. The van der Waals surface area contributed by atoms with E-state index < -0.39 is 0 Å². The summed E-state index contributed by atoms with van der Waals surface area (Å²) in [6, 6.07) is 5.90. The Bertz CT molecular complexity index is 495. The van der Waals surface area contributed by atoms with Crippen LogP contribution in [0.25, 0.3) is 10.9 Å². The first-order valence-electron chi connectivity index (χ1n) is 6.04. The summed E-state index contributed by atoms with van der Waals surface area (Å²) >= 11 is 0. The molecule has 0 spiro atoms. The Hall–Kier alpha value is -1.51. The maximum absolute atomic E-state index is 5.76. The first kappa shape index (κ1) is 9.70. The Kier molecular flexibility index (Phi) is 2.31. The number of nitrogens with two attached hydrogens (primary N) is 1. The smallest absolute Gasteiger partial charge is 0.0924 e. The van der Waals surface area contributed by atoms with E-state index in [0.717, 1.165) is 29.1 Å². The molecule has 0 radical (unpaired) electrons. The van der Waals surface area contributed by atoms with Gasteiger partial charge >= 0.3 is 0 Å². The van der Waals surface area contributed by atoms with Crippen molar-refractivity contribution in [3.05, 3.63) is 24.4 Å². The molecule has 2 aromatic rings. The minimum Gasteiger partial charge on any atom is -0.399 e. The topological polar surface area (TPSA) is 43.8 Å². The zero-order valence-corrected chi connectivity index (χ0v) is 9.39. The maximum Gasteiger partial charge on any atom is 0.0924 e. The van der Waals surface area contributed by atoms with Gasteiger partial charge in [0, 0.05) is 23.8 Å². The van der Waals surface area contributed by atoms with E-state index in [2.05, 4.69) is 16.0 Å². The number of rotatable bonds is 2.